The number of nitrogens with one attached hydrogen (secondary N) is 1. The first-order chi connectivity index (χ1) is 17.7. The highest BCUT2D eigenvalue weighted by atomic mass is 32.2. The maximum Gasteiger partial charge on any atom is 0.352 e. The molecule has 0 radical (unpaired) electrons. The Labute approximate surface area is 224 Å². The number of nitrogen functional groups attached to an aromatic ring is 1. The zero-order valence-corrected chi connectivity index (χ0v) is 22.0. The summed E-state index contributed by atoms with van der Waals surface area (Å²) >= 11 is 4.72. The van der Waals surface area contributed by atoms with E-state index in [0.717, 1.165) is 16.4 Å². The standard InChI is InChI=1S/C18H18N8O7S4/c1-2-7(15(29)30)33-24-8(11-22-17(19)37-25-11)12(27)21-9-13(28)26-10(16(31)32)6(3-34-14(9)26)4-35-18-23-20-5-36-18/h5,7,9,14H,2-4H2,1H3,(H,21,27)(H,29,30)(H,31,32)(H2,19,22,25)/t7?,9?,14-/m0/s1. The number of aliphatic carboxylic acids is 2. The zero-order valence-electron chi connectivity index (χ0n) is 18.8. The molecule has 2 aliphatic heterocycles. The van der Waals surface area contributed by atoms with Crippen molar-refractivity contribution in [1.82, 2.24) is 29.8 Å². The fraction of sp³-hybridized carbons (Fsp3) is 0.389. The number of carboxylic acid groups (broad SMARTS) is 2. The second-order valence-corrected chi connectivity index (χ2v) is 11.3. The molecule has 2 aromatic rings. The van der Waals surface area contributed by atoms with Gasteiger partial charge in [0.15, 0.2) is 9.47 Å². The first-order valence-electron chi connectivity index (χ1n) is 10.4. The topological polar surface area (TPSA) is 223 Å². The highest BCUT2D eigenvalue weighted by Gasteiger charge is 2.54. The number of nitrogens with two attached hydrogens (primary N) is 1. The number of anilines is 1. The minimum atomic E-state index is -1.33. The second kappa shape index (κ2) is 11.4. The minimum absolute atomic E-state index is 0.0321. The van der Waals surface area contributed by atoms with Crippen LogP contribution in [0.4, 0.5) is 5.13 Å². The van der Waals surface area contributed by atoms with Crippen molar-refractivity contribution >= 4 is 81.0 Å². The van der Waals surface area contributed by atoms with Gasteiger partial charge in [-0.1, -0.05) is 35.2 Å². The Hall–Kier alpha value is -3.29. The maximum absolute atomic E-state index is 13.1. The van der Waals surface area contributed by atoms with E-state index in [1.165, 1.54) is 34.9 Å². The van der Waals surface area contributed by atoms with Crippen LogP contribution in [0.3, 0.4) is 0 Å². The third kappa shape index (κ3) is 5.68. The molecule has 4 rings (SSSR count). The van der Waals surface area contributed by atoms with Gasteiger partial charge < -0.3 is 26.1 Å². The number of nitrogens with zero attached hydrogens (tertiary/aromatic N) is 6. The molecule has 2 aliphatic rings. The number of fused-ring (bicyclic) bond motifs is 1. The van der Waals surface area contributed by atoms with Crippen molar-refractivity contribution in [3.05, 3.63) is 22.6 Å². The van der Waals surface area contributed by atoms with Crippen LogP contribution in [0.2, 0.25) is 0 Å². The number of β-lactam (4-membered cyclic amide) rings is 1. The van der Waals surface area contributed by atoms with E-state index in [1.807, 2.05) is 0 Å². The average Bonchev–Trinajstić information content (AvgIpc) is 3.54. The highest BCUT2D eigenvalue weighted by molar-refractivity contribution is 8.01. The summed E-state index contributed by atoms with van der Waals surface area (Å²) < 4.78 is 4.58. The second-order valence-electron chi connectivity index (χ2n) is 7.35. The number of carboxylic acids is 2. The number of amides is 2. The number of carbonyl (C=O) groups is 4. The normalized spacial score (nSPS) is 20.2. The van der Waals surface area contributed by atoms with Crippen LogP contribution in [0.5, 0.6) is 0 Å². The predicted octanol–water partition coefficient (Wildman–Crippen LogP) is 0.0866. The third-order valence-corrected chi connectivity index (χ3v) is 8.86. The largest absolute Gasteiger partial charge is 0.478 e. The molecule has 2 unspecified atom stereocenters. The smallest absolute Gasteiger partial charge is 0.352 e. The molecule has 1 saturated heterocycles. The summed E-state index contributed by atoms with van der Waals surface area (Å²) in [5.74, 6) is -3.65. The number of hydrogen-bond acceptors (Lipinski definition) is 15. The Morgan fingerprint density at radius 3 is 2.78 bits per heavy atom. The molecular formula is C18H18N8O7S4. The molecule has 1 fully saturated rings. The van der Waals surface area contributed by atoms with E-state index in [1.54, 1.807) is 12.4 Å². The van der Waals surface area contributed by atoms with E-state index in [0.29, 0.717) is 21.4 Å². The summed E-state index contributed by atoms with van der Waals surface area (Å²) in [6.45, 7) is 1.56. The molecule has 19 heteroatoms. The van der Waals surface area contributed by atoms with Crippen molar-refractivity contribution in [3.63, 3.8) is 0 Å². The van der Waals surface area contributed by atoms with Gasteiger partial charge in [-0.2, -0.15) is 9.36 Å². The number of rotatable bonds is 11. The molecule has 15 nitrogen and oxygen atoms in total. The first kappa shape index (κ1) is 26.8. The van der Waals surface area contributed by atoms with Crippen LogP contribution in [0.15, 0.2) is 26.3 Å². The van der Waals surface area contributed by atoms with Gasteiger partial charge in [0.05, 0.1) is 0 Å². The van der Waals surface area contributed by atoms with Gasteiger partial charge in [-0.3, -0.25) is 14.5 Å². The lowest BCUT2D eigenvalue weighted by Crippen LogP contribution is -2.71. The van der Waals surface area contributed by atoms with E-state index in [2.05, 4.69) is 30.0 Å². The molecule has 2 amide bonds. The third-order valence-electron chi connectivity index (χ3n) is 5.03. The van der Waals surface area contributed by atoms with Crippen LogP contribution in [-0.2, 0) is 24.0 Å². The van der Waals surface area contributed by atoms with Crippen molar-refractivity contribution in [1.29, 1.82) is 0 Å². The summed E-state index contributed by atoms with van der Waals surface area (Å²) in [6, 6.07) is -1.06. The maximum atomic E-state index is 13.1. The highest BCUT2D eigenvalue weighted by Crippen LogP contribution is 2.41. The molecule has 0 spiro atoms. The molecule has 196 valence electrons. The van der Waals surface area contributed by atoms with Gasteiger partial charge in [0.1, 0.15) is 22.6 Å². The number of thioether (sulfide) groups is 2. The van der Waals surface area contributed by atoms with E-state index in [-0.39, 0.29) is 23.1 Å². The Morgan fingerprint density at radius 1 is 1.41 bits per heavy atom. The number of carbonyl (C=O) groups excluding carboxylic acids is 2. The lowest BCUT2D eigenvalue weighted by atomic mass is 10.0. The average molecular weight is 587 g/mol. The zero-order chi connectivity index (χ0) is 26.7. The van der Waals surface area contributed by atoms with Crippen LogP contribution in [0.1, 0.15) is 19.2 Å². The molecule has 37 heavy (non-hydrogen) atoms. The fourth-order valence-corrected chi connectivity index (χ4v) is 6.71. The quantitative estimate of drug-likeness (QED) is 0.119. The van der Waals surface area contributed by atoms with Gasteiger partial charge in [-0.15, -0.1) is 22.0 Å². The van der Waals surface area contributed by atoms with Crippen LogP contribution in [0.25, 0.3) is 0 Å². The van der Waals surface area contributed by atoms with Gasteiger partial charge >= 0.3 is 11.9 Å². The van der Waals surface area contributed by atoms with Crippen LogP contribution in [-0.4, -0.2) is 93.2 Å². The van der Waals surface area contributed by atoms with Gasteiger partial charge in [-0.05, 0) is 12.0 Å². The number of hydrogen-bond donors (Lipinski definition) is 4. The molecule has 5 N–H and O–H groups in total. The lowest BCUT2D eigenvalue weighted by Gasteiger charge is -2.49. The Morgan fingerprint density at radius 2 is 2.19 bits per heavy atom. The van der Waals surface area contributed by atoms with Crippen LogP contribution in [0, 0.1) is 0 Å². The summed E-state index contributed by atoms with van der Waals surface area (Å²) in [4.78, 5) is 59.3. The number of oxime groups is 1. The fourth-order valence-electron chi connectivity index (χ4n) is 3.30. The lowest BCUT2D eigenvalue weighted by molar-refractivity contribution is -0.151. The summed E-state index contributed by atoms with van der Waals surface area (Å²) in [7, 11) is 0. The van der Waals surface area contributed by atoms with E-state index < -0.39 is 47.0 Å². The molecule has 4 heterocycles. The summed E-state index contributed by atoms with van der Waals surface area (Å²) in [5, 5.41) is 32.2. The monoisotopic (exact) mass is 586 g/mol. The number of aromatic nitrogens is 4. The SMILES string of the molecule is CCC(ON=C(C(=O)NC1C(=O)N2C(C(=O)O)=C(CSc3nncs3)CS[C@@H]12)c1nsc(N)n1)C(=O)O. The van der Waals surface area contributed by atoms with Crippen LogP contribution >= 0.6 is 46.4 Å². The molecule has 2 aromatic heterocycles. The van der Waals surface area contributed by atoms with Crippen molar-refractivity contribution in [2.45, 2.75) is 35.2 Å². The molecular weight excluding hydrogens is 569 g/mol. The summed E-state index contributed by atoms with van der Waals surface area (Å²) in [5.41, 5.74) is 7.11. The van der Waals surface area contributed by atoms with Crippen molar-refractivity contribution < 1.29 is 34.2 Å². The van der Waals surface area contributed by atoms with Gasteiger partial charge in [-0.25, -0.2) is 9.59 Å². The summed E-state index contributed by atoms with van der Waals surface area (Å²) in [6.07, 6.45) is -1.26. The Balaban J connectivity index is 1.51. The molecule has 0 saturated carbocycles. The van der Waals surface area contributed by atoms with Gasteiger partial charge in [0.25, 0.3) is 11.8 Å². The molecule has 0 aliphatic carbocycles. The first-order valence-corrected chi connectivity index (χ1v) is 14.1. The van der Waals surface area contributed by atoms with Crippen molar-refractivity contribution in [2.75, 3.05) is 17.2 Å². The van der Waals surface area contributed by atoms with E-state index >= 15 is 0 Å². The predicted molar refractivity (Wildman–Crippen MR) is 134 cm³/mol. The van der Waals surface area contributed by atoms with Gasteiger partial charge in [0, 0.05) is 23.0 Å². The Bertz CT molecular complexity index is 1280. The van der Waals surface area contributed by atoms with Crippen molar-refractivity contribution in [3.8, 4) is 0 Å². The van der Waals surface area contributed by atoms with E-state index in [9.17, 15) is 29.4 Å². The molecule has 3 atom stereocenters. The van der Waals surface area contributed by atoms with Gasteiger partial charge in [0.2, 0.25) is 17.6 Å². The van der Waals surface area contributed by atoms with Crippen LogP contribution < -0.4 is 11.1 Å². The molecule has 0 aromatic carbocycles. The van der Waals surface area contributed by atoms with Crippen molar-refractivity contribution in [2.24, 2.45) is 5.16 Å². The molecule has 0 bridgehead atoms. The van der Waals surface area contributed by atoms with E-state index in [4.69, 9.17) is 10.6 Å². The minimum Gasteiger partial charge on any atom is -0.478 e. The Kier molecular flexibility index (Phi) is 8.25.